The Labute approximate surface area is 163 Å². The molecule has 152 valence electrons. The van der Waals surface area contributed by atoms with E-state index in [4.69, 9.17) is 9.47 Å². The van der Waals surface area contributed by atoms with Gasteiger partial charge in [0.05, 0.1) is 20.8 Å². The Balaban J connectivity index is 2.74. The molecule has 0 heterocycles. The highest BCUT2D eigenvalue weighted by molar-refractivity contribution is 5.86. The van der Waals surface area contributed by atoms with Crippen molar-refractivity contribution in [2.45, 2.75) is 27.2 Å². The summed E-state index contributed by atoms with van der Waals surface area (Å²) in [6.45, 7) is 9.11. The first-order chi connectivity index (χ1) is 13.0. The molecule has 7 heteroatoms. The molecule has 1 amide bonds. The number of nitrogens with one attached hydrogen (secondary N) is 1. The van der Waals surface area contributed by atoms with E-state index in [0.29, 0.717) is 24.6 Å². The molecule has 0 saturated carbocycles. The van der Waals surface area contributed by atoms with E-state index in [1.165, 1.54) is 0 Å². The molecule has 0 unspecified atom stereocenters. The Morgan fingerprint density at radius 3 is 2.33 bits per heavy atom. The zero-order chi connectivity index (χ0) is 20.2. The largest absolute Gasteiger partial charge is 0.493 e. The van der Waals surface area contributed by atoms with Gasteiger partial charge in [-0.2, -0.15) is 0 Å². The van der Waals surface area contributed by atoms with Crippen LogP contribution in [0.25, 0.3) is 0 Å². The van der Waals surface area contributed by atoms with Gasteiger partial charge in [-0.3, -0.25) is 9.79 Å². The number of carbonyl (C=O) groups is 1. The first kappa shape index (κ1) is 22.6. The third-order valence-corrected chi connectivity index (χ3v) is 4.30. The molecule has 0 radical (unpaired) electrons. The van der Waals surface area contributed by atoms with Crippen molar-refractivity contribution in [3.05, 3.63) is 23.8 Å². The second-order valence-corrected chi connectivity index (χ2v) is 6.10. The van der Waals surface area contributed by atoms with Gasteiger partial charge < -0.3 is 24.6 Å². The van der Waals surface area contributed by atoms with Crippen LogP contribution in [0, 0.1) is 0 Å². The molecule has 7 nitrogen and oxygen atoms in total. The van der Waals surface area contributed by atoms with Gasteiger partial charge in [0.2, 0.25) is 5.91 Å². The smallest absolute Gasteiger partial charge is 0.242 e. The van der Waals surface area contributed by atoms with E-state index < -0.39 is 0 Å². The molecule has 0 aliphatic heterocycles. The van der Waals surface area contributed by atoms with E-state index in [0.717, 1.165) is 37.6 Å². The first-order valence-corrected chi connectivity index (χ1v) is 9.48. The number of hydrogen-bond donors (Lipinski definition) is 1. The maximum Gasteiger partial charge on any atom is 0.242 e. The Kier molecular flexibility index (Phi) is 10.1. The number of carbonyl (C=O) groups excluding carboxylic acids is 1. The van der Waals surface area contributed by atoms with Crippen molar-refractivity contribution in [1.82, 2.24) is 15.1 Å². The number of nitrogens with zero attached hydrogens (tertiary/aromatic N) is 3. The predicted molar refractivity (Wildman–Crippen MR) is 110 cm³/mol. The Morgan fingerprint density at radius 2 is 1.78 bits per heavy atom. The predicted octanol–water partition coefficient (Wildman–Crippen LogP) is 2.01. The third-order valence-electron chi connectivity index (χ3n) is 4.30. The van der Waals surface area contributed by atoms with Gasteiger partial charge in [-0.15, -0.1) is 0 Å². The molecule has 27 heavy (non-hydrogen) atoms. The normalized spacial score (nSPS) is 11.1. The Bertz CT molecular complexity index is 615. The lowest BCUT2D eigenvalue weighted by Gasteiger charge is -2.25. The molecule has 0 saturated heterocycles. The van der Waals surface area contributed by atoms with Crippen LogP contribution in [-0.4, -0.2) is 75.7 Å². The van der Waals surface area contributed by atoms with Crippen molar-refractivity contribution in [1.29, 1.82) is 0 Å². The SMILES string of the molecule is CCNC(=NCCc1ccc(OC)c(OC)c1)N(C)CC(=O)N(CC)CC. The highest BCUT2D eigenvalue weighted by atomic mass is 16.5. The van der Waals surface area contributed by atoms with Gasteiger partial charge in [-0.25, -0.2) is 0 Å². The van der Waals surface area contributed by atoms with Crippen molar-refractivity contribution in [2.75, 3.05) is 54.0 Å². The summed E-state index contributed by atoms with van der Waals surface area (Å²) in [4.78, 5) is 20.7. The first-order valence-electron chi connectivity index (χ1n) is 9.48. The lowest BCUT2D eigenvalue weighted by atomic mass is 10.1. The third kappa shape index (κ3) is 7.00. The zero-order valence-corrected chi connectivity index (χ0v) is 17.5. The van der Waals surface area contributed by atoms with Crippen LogP contribution in [0.4, 0.5) is 0 Å². The van der Waals surface area contributed by atoms with Gasteiger partial charge in [0.1, 0.15) is 0 Å². The molecule has 0 fully saturated rings. The average Bonchev–Trinajstić information content (AvgIpc) is 2.67. The van der Waals surface area contributed by atoms with E-state index in [1.807, 2.05) is 55.8 Å². The van der Waals surface area contributed by atoms with Gasteiger partial charge in [0.25, 0.3) is 0 Å². The van der Waals surface area contributed by atoms with Crippen molar-refractivity contribution >= 4 is 11.9 Å². The molecule has 0 bridgehead atoms. The molecular weight excluding hydrogens is 344 g/mol. The monoisotopic (exact) mass is 378 g/mol. The van der Waals surface area contributed by atoms with Crippen LogP contribution in [0.15, 0.2) is 23.2 Å². The summed E-state index contributed by atoms with van der Waals surface area (Å²) >= 11 is 0. The van der Waals surface area contributed by atoms with Crippen molar-refractivity contribution in [3.8, 4) is 11.5 Å². The molecule has 0 aliphatic rings. The summed E-state index contributed by atoms with van der Waals surface area (Å²) < 4.78 is 10.6. The molecule has 0 spiro atoms. The van der Waals surface area contributed by atoms with Crippen LogP contribution in [0.1, 0.15) is 26.3 Å². The molecule has 1 aromatic carbocycles. The summed E-state index contributed by atoms with van der Waals surface area (Å²) in [5, 5.41) is 3.25. The van der Waals surface area contributed by atoms with Crippen LogP contribution < -0.4 is 14.8 Å². The van der Waals surface area contributed by atoms with Gasteiger partial charge >= 0.3 is 0 Å². The summed E-state index contributed by atoms with van der Waals surface area (Å²) in [6, 6.07) is 5.88. The van der Waals surface area contributed by atoms with E-state index in [2.05, 4.69) is 10.3 Å². The molecule has 1 N–H and O–H groups in total. The van der Waals surface area contributed by atoms with Crippen LogP contribution in [0.2, 0.25) is 0 Å². The quantitative estimate of drug-likeness (QED) is 0.498. The van der Waals surface area contributed by atoms with Crippen LogP contribution >= 0.6 is 0 Å². The minimum Gasteiger partial charge on any atom is -0.493 e. The maximum atomic E-state index is 12.3. The fraction of sp³-hybridized carbons (Fsp3) is 0.600. The lowest BCUT2D eigenvalue weighted by Crippen LogP contribution is -2.45. The Hall–Kier alpha value is -2.44. The number of ether oxygens (including phenoxy) is 2. The minimum atomic E-state index is 0.105. The average molecular weight is 379 g/mol. The standard InChI is InChI=1S/C20H34N4O3/c1-7-21-20(23(4)15-19(25)24(8-2)9-3)22-13-12-16-10-11-17(26-5)18(14-16)27-6/h10-11,14H,7-9,12-13,15H2,1-6H3,(H,21,22). The molecular formula is C20H34N4O3. The van der Waals surface area contributed by atoms with Gasteiger partial charge in [0.15, 0.2) is 17.5 Å². The second kappa shape index (κ2) is 12.0. The number of methoxy groups -OCH3 is 2. The summed E-state index contributed by atoms with van der Waals surface area (Å²) in [7, 11) is 5.14. The van der Waals surface area contributed by atoms with E-state index in [1.54, 1.807) is 14.2 Å². The number of hydrogen-bond acceptors (Lipinski definition) is 4. The van der Waals surface area contributed by atoms with Gasteiger partial charge in [-0.05, 0) is 44.9 Å². The van der Waals surface area contributed by atoms with Crippen LogP contribution in [0.5, 0.6) is 11.5 Å². The summed E-state index contributed by atoms with van der Waals surface area (Å²) in [5.41, 5.74) is 1.12. The minimum absolute atomic E-state index is 0.105. The fourth-order valence-corrected chi connectivity index (χ4v) is 2.75. The molecule has 0 atom stereocenters. The van der Waals surface area contributed by atoms with Gasteiger partial charge in [0, 0.05) is 33.2 Å². The summed E-state index contributed by atoms with van der Waals surface area (Å²) in [6.07, 6.45) is 0.771. The van der Waals surface area contributed by atoms with E-state index in [-0.39, 0.29) is 5.91 Å². The topological polar surface area (TPSA) is 66.4 Å². The van der Waals surface area contributed by atoms with Crippen molar-refractivity contribution in [2.24, 2.45) is 4.99 Å². The fourth-order valence-electron chi connectivity index (χ4n) is 2.75. The highest BCUT2D eigenvalue weighted by Crippen LogP contribution is 2.27. The number of likely N-dealkylation sites (N-methyl/N-ethyl adjacent to an activating group) is 2. The zero-order valence-electron chi connectivity index (χ0n) is 17.5. The van der Waals surface area contributed by atoms with Crippen LogP contribution in [0.3, 0.4) is 0 Å². The molecule has 0 aromatic heterocycles. The number of amides is 1. The number of benzene rings is 1. The molecule has 1 rings (SSSR count). The number of rotatable bonds is 10. The van der Waals surface area contributed by atoms with E-state index in [9.17, 15) is 4.79 Å². The van der Waals surface area contributed by atoms with E-state index >= 15 is 0 Å². The van der Waals surface area contributed by atoms with Crippen molar-refractivity contribution < 1.29 is 14.3 Å². The van der Waals surface area contributed by atoms with Crippen LogP contribution in [-0.2, 0) is 11.2 Å². The number of aliphatic imine (C=N–C) groups is 1. The highest BCUT2D eigenvalue weighted by Gasteiger charge is 2.15. The lowest BCUT2D eigenvalue weighted by molar-refractivity contribution is -0.131. The number of guanidine groups is 1. The molecule has 0 aliphatic carbocycles. The molecule has 1 aromatic rings. The summed E-state index contributed by atoms with van der Waals surface area (Å²) in [5.74, 6) is 2.27. The second-order valence-electron chi connectivity index (χ2n) is 6.10. The Morgan fingerprint density at radius 1 is 1.11 bits per heavy atom. The van der Waals surface area contributed by atoms with Gasteiger partial charge in [-0.1, -0.05) is 6.07 Å². The van der Waals surface area contributed by atoms with Crippen molar-refractivity contribution in [3.63, 3.8) is 0 Å². The maximum absolute atomic E-state index is 12.3.